The van der Waals surface area contributed by atoms with Crippen molar-refractivity contribution in [2.45, 2.75) is 45.6 Å². The number of benzene rings is 1. The molecule has 4 rings (SSSR count). The highest BCUT2D eigenvalue weighted by molar-refractivity contribution is 6.05. The van der Waals surface area contributed by atoms with Gasteiger partial charge in [-0.25, -0.2) is 4.39 Å². The number of fused-ring (bicyclic) bond motifs is 3. The molecule has 6 nitrogen and oxygen atoms in total. The van der Waals surface area contributed by atoms with Crippen LogP contribution in [0.15, 0.2) is 34.9 Å². The SMILES string of the molecule is CCCN1C(=O)[C@@H]2[C@@H](CC(COC)=C3[C@@H](CC/C(C)=C/c4ccc(O)c(F)c4)OC[C@@H]32)C1=O. The molecule has 1 aliphatic carbocycles. The van der Waals surface area contributed by atoms with E-state index in [1.54, 1.807) is 13.2 Å². The van der Waals surface area contributed by atoms with E-state index in [-0.39, 0.29) is 41.4 Å². The van der Waals surface area contributed by atoms with Crippen LogP contribution in [0, 0.1) is 23.6 Å². The lowest BCUT2D eigenvalue weighted by atomic mass is 9.69. The smallest absolute Gasteiger partial charge is 0.233 e. The first kappa shape index (κ1) is 23.6. The van der Waals surface area contributed by atoms with Crippen LogP contribution in [-0.2, 0) is 19.1 Å². The summed E-state index contributed by atoms with van der Waals surface area (Å²) in [5.41, 5.74) is 3.99. The Morgan fingerprint density at radius 2 is 2.09 bits per heavy atom. The van der Waals surface area contributed by atoms with Crippen molar-refractivity contribution < 1.29 is 28.6 Å². The molecule has 0 saturated carbocycles. The molecule has 0 aromatic heterocycles. The summed E-state index contributed by atoms with van der Waals surface area (Å²) in [4.78, 5) is 27.5. The molecule has 2 fully saturated rings. The van der Waals surface area contributed by atoms with Crippen molar-refractivity contribution in [1.29, 1.82) is 0 Å². The van der Waals surface area contributed by atoms with Gasteiger partial charge in [-0.05, 0) is 61.4 Å². The number of phenolic OH excluding ortho intramolecular Hbond substituents is 1. The third kappa shape index (κ3) is 4.49. The first-order valence-corrected chi connectivity index (χ1v) is 11.7. The van der Waals surface area contributed by atoms with E-state index >= 15 is 0 Å². The zero-order valence-corrected chi connectivity index (χ0v) is 19.5. The Morgan fingerprint density at radius 3 is 2.79 bits per heavy atom. The zero-order chi connectivity index (χ0) is 23.7. The lowest BCUT2D eigenvalue weighted by Gasteiger charge is -2.31. The summed E-state index contributed by atoms with van der Waals surface area (Å²) in [7, 11) is 1.65. The minimum Gasteiger partial charge on any atom is -0.505 e. The number of aromatic hydroxyl groups is 1. The Kier molecular flexibility index (Phi) is 7.00. The van der Waals surface area contributed by atoms with E-state index in [4.69, 9.17) is 9.47 Å². The average Bonchev–Trinajstić information content (AvgIpc) is 3.30. The van der Waals surface area contributed by atoms with Crippen LogP contribution in [0.2, 0.25) is 0 Å². The predicted octanol–water partition coefficient (Wildman–Crippen LogP) is 4.09. The molecule has 1 aromatic carbocycles. The minimum atomic E-state index is -0.641. The molecule has 0 spiro atoms. The largest absolute Gasteiger partial charge is 0.505 e. The van der Waals surface area contributed by atoms with Gasteiger partial charge in [-0.1, -0.05) is 24.6 Å². The highest BCUT2D eigenvalue weighted by Gasteiger charge is 2.56. The van der Waals surface area contributed by atoms with Crippen molar-refractivity contribution in [3.05, 3.63) is 46.3 Å². The number of carbonyl (C=O) groups is 2. The summed E-state index contributed by atoms with van der Waals surface area (Å²) in [5.74, 6) is -1.83. The Hall–Kier alpha value is -2.51. The molecule has 0 radical (unpaired) electrons. The highest BCUT2D eigenvalue weighted by Crippen LogP contribution is 2.49. The van der Waals surface area contributed by atoms with Crippen LogP contribution in [0.3, 0.4) is 0 Å². The summed E-state index contributed by atoms with van der Waals surface area (Å²) < 4.78 is 25.3. The van der Waals surface area contributed by atoms with E-state index in [0.29, 0.717) is 31.7 Å². The summed E-state index contributed by atoms with van der Waals surface area (Å²) in [5, 5.41) is 9.37. The van der Waals surface area contributed by atoms with Gasteiger partial charge >= 0.3 is 0 Å². The molecule has 2 heterocycles. The van der Waals surface area contributed by atoms with Crippen molar-refractivity contribution in [2.75, 3.05) is 26.9 Å². The molecular weight excluding hydrogens is 425 g/mol. The lowest BCUT2D eigenvalue weighted by Crippen LogP contribution is -2.35. The van der Waals surface area contributed by atoms with Crippen molar-refractivity contribution in [2.24, 2.45) is 17.8 Å². The van der Waals surface area contributed by atoms with E-state index < -0.39 is 5.82 Å². The van der Waals surface area contributed by atoms with Crippen LogP contribution >= 0.6 is 0 Å². The van der Waals surface area contributed by atoms with Crippen LogP contribution in [0.4, 0.5) is 4.39 Å². The van der Waals surface area contributed by atoms with Crippen LogP contribution in [0.1, 0.15) is 45.1 Å². The second-order valence-electron chi connectivity index (χ2n) is 9.33. The molecule has 3 aliphatic rings. The number of carbonyl (C=O) groups excluding carboxylic acids is 2. The number of methoxy groups -OCH3 is 1. The lowest BCUT2D eigenvalue weighted by molar-refractivity contribution is -0.140. The first-order chi connectivity index (χ1) is 15.8. The molecule has 178 valence electrons. The van der Waals surface area contributed by atoms with E-state index in [9.17, 15) is 19.1 Å². The molecule has 7 heteroatoms. The topological polar surface area (TPSA) is 76.1 Å². The van der Waals surface area contributed by atoms with Crippen LogP contribution < -0.4 is 0 Å². The molecule has 4 atom stereocenters. The maximum atomic E-state index is 13.6. The Balaban J connectivity index is 1.52. The van der Waals surface area contributed by atoms with E-state index in [1.165, 1.54) is 17.0 Å². The number of amides is 2. The fourth-order valence-corrected chi connectivity index (χ4v) is 5.62. The van der Waals surface area contributed by atoms with Gasteiger partial charge in [0.15, 0.2) is 11.6 Å². The molecule has 1 aromatic rings. The van der Waals surface area contributed by atoms with E-state index in [1.807, 2.05) is 19.9 Å². The highest BCUT2D eigenvalue weighted by atomic mass is 19.1. The quantitative estimate of drug-likeness (QED) is 0.470. The van der Waals surface area contributed by atoms with Gasteiger partial charge in [0.2, 0.25) is 11.8 Å². The van der Waals surface area contributed by atoms with Gasteiger partial charge in [0.05, 0.1) is 31.2 Å². The molecule has 2 saturated heterocycles. The van der Waals surface area contributed by atoms with Gasteiger partial charge in [-0.3, -0.25) is 14.5 Å². The van der Waals surface area contributed by atoms with E-state index in [0.717, 1.165) is 36.0 Å². The first-order valence-electron chi connectivity index (χ1n) is 11.7. The van der Waals surface area contributed by atoms with Gasteiger partial charge in [0.1, 0.15) is 0 Å². The van der Waals surface area contributed by atoms with Gasteiger partial charge in [0, 0.05) is 19.6 Å². The Morgan fingerprint density at radius 1 is 1.30 bits per heavy atom. The number of rotatable bonds is 8. The number of allylic oxidation sites excluding steroid dienone is 1. The fraction of sp³-hybridized carbons (Fsp3) is 0.538. The molecule has 2 amide bonds. The normalized spacial score (nSPS) is 27.4. The van der Waals surface area contributed by atoms with Gasteiger partial charge in [-0.2, -0.15) is 0 Å². The molecule has 33 heavy (non-hydrogen) atoms. The molecule has 2 aliphatic heterocycles. The van der Waals surface area contributed by atoms with Gasteiger partial charge in [0.25, 0.3) is 0 Å². The monoisotopic (exact) mass is 457 g/mol. The summed E-state index contributed by atoms with van der Waals surface area (Å²) in [6.07, 6.45) is 4.56. The number of phenols is 1. The fourth-order valence-electron chi connectivity index (χ4n) is 5.62. The molecule has 0 unspecified atom stereocenters. The van der Waals surface area contributed by atoms with Gasteiger partial charge in [-0.15, -0.1) is 0 Å². The zero-order valence-electron chi connectivity index (χ0n) is 19.5. The number of halogens is 1. The molecule has 0 bridgehead atoms. The number of hydrogen-bond donors (Lipinski definition) is 1. The second-order valence-corrected chi connectivity index (χ2v) is 9.33. The average molecular weight is 458 g/mol. The van der Waals surface area contributed by atoms with Crippen molar-refractivity contribution in [3.8, 4) is 5.75 Å². The Labute approximate surface area is 194 Å². The van der Waals surface area contributed by atoms with Crippen LogP contribution in [-0.4, -0.2) is 54.8 Å². The third-order valence-electron chi connectivity index (χ3n) is 7.05. The summed E-state index contributed by atoms with van der Waals surface area (Å²) in [6, 6.07) is 4.34. The van der Waals surface area contributed by atoms with E-state index in [2.05, 4.69) is 0 Å². The van der Waals surface area contributed by atoms with Crippen molar-refractivity contribution >= 4 is 17.9 Å². The second kappa shape index (κ2) is 9.77. The van der Waals surface area contributed by atoms with Crippen molar-refractivity contribution in [1.82, 2.24) is 4.90 Å². The maximum Gasteiger partial charge on any atom is 0.233 e. The maximum absolute atomic E-state index is 13.6. The Bertz CT molecular complexity index is 1000. The number of hydrogen-bond acceptors (Lipinski definition) is 5. The number of nitrogens with zero attached hydrogens (tertiary/aromatic N) is 1. The standard InChI is InChI=1S/C26H32FNO5/c1-4-9-28-25(30)18-12-17(13-32-3)23-19(24(18)26(28)31)14-33-22(23)8-5-15(2)10-16-6-7-21(29)20(27)11-16/h6-7,10-11,18-19,22,24,29H,4-5,8-9,12-14H2,1-3H3/b15-10+/t18-,19+,22-,24-/m1/s1. The number of likely N-dealkylation sites (tertiary alicyclic amines) is 1. The molecular formula is C26H32FNO5. The number of ether oxygens (including phenoxy) is 2. The minimum absolute atomic E-state index is 0.0529. The van der Waals surface area contributed by atoms with Crippen LogP contribution in [0.5, 0.6) is 5.75 Å². The molecule has 1 N–H and O–H groups in total. The number of imide groups is 1. The summed E-state index contributed by atoms with van der Waals surface area (Å²) >= 11 is 0. The third-order valence-corrected chi connectivity index (χ3v) is 7.05. The summed E-state index contributed by atoms with van der Waals surface area (Å²) in [6.45, 7) is 5.31. The van der Waals surface area contributed by atoms with Gasteiger partial charge < -0.3 is 14.6 Å². The van der Waals surface area contributed by atoms with Crippen LogP contribution in [0.25, 0.3) is 6.08 Å². The van der Waals surface area contributed by atoms with Crippen molar-refractivity contribution in [3.63, 3.8) is 0 Å². The predicted molar refractivity (Wildman–Crippen MR) is 122 cm³/mol.